The van der Waals surface area contributed by atoms with Gasteiger partial charge in [0, 0.05) is 37.1 Å². The van der Waals surface area contributed by atoms with Crippen LogP contribution in [0.1, 0.15) is 88.0 Å². The molecule has 2 N–H and O–H groups in total. The molecule has 9 heteroatoms. The summed E-state index contributed by atoms with van der Waals surface area (Å²) in [6, 6.07) is 21.1. The molecule has 0 spiro atoms. The maximum atomic E-state index is 12.9. The molecule has 0 bridgehead atoms. The number of carboxylic acid groups (broad SMARTS) is 1. The molecule has 1 heterocycles. The number of nitrogens with one attached hydrogen (secondary N) is 1. The Bertz CT molecular complexity index is 1620. The van der Waals surface area contributed by atoms with E-state index in [4.69, 9.17) is 19.6 Å². The minimum atomic E-state index is -0.798. The molecular formula is C36H43N3O6. The van der Waals surface area contributed by atoms with Crippen molar-refractivity contribution in [3.8, 4) is 16.9 Å². The number of para-hydroxylation sites is 1. The van der Waals surface area contributed by atoms with Gasteiger partial charge in [-0.1, -0.05) is 62.2 Å². The van der Waals surface area contributed by atoms with Gasteiger partial charge in [-0.3, -0.25) is 9.59 Å². The number of aromatic nitrogens is 2. The Kier molecular flexibility index (Phi) is 11.4. The Labute approximate surface area is 264 Å². The second-order valence-corrected chi connectivity index (χ2v) is 12.1. The van der Waals surface area contributed by atoms with Gasteiger partial charge in [-0.15, -0.1) is 0 Å². The molecule has 3 aromatic carbocycles. The number of fused-ring (bicyclic) bond motifs is 1. The van der Waals surface area contributed by atoms with Crippen molar-refractivity contribution in [1.82, 2.24) is 14.9 Å². The zero-order chi connectivity index (χ0) is 32.4. The molecule has 238 valence electrons. The SMILES string of the molecule is CCCCc1nc2ccc(C(=O)NCCCCCC(=O)O)cc2n1Cc1ccc(-c2ccccc2OC(=O)OC(C)(C)C)cc1. The van der Waals surface area contributed by atoms with Crippen LogP contribution in [0.2, 0.25) is 0 Å². The van der Waals surface area contributed by atoms with E-state index in [-0.39, 0.29) is 12.3 Å². The fraction of sp³-hybridized carbons (Fsp3) is 0.389. The van der Waals surface area contributed by atoms with Crippen LogP contribution < -0.4 is 10.1 Å². The fourth-order valence-corrected chi connectivity index (χ4v) is 5.03. The van der Waals surface area contributed by atoms with E-state index < -0.39 is 17.7 Å². The summed E-state index contributed by atoms with van der Waals surface area (Å²) in [5, 5.41) is 11.7. The highest BCUT2D eigenvalue weighted by Crippen LogP contribution is 2.31. The Morgan fingerprint density at radius 1 is 0.933 bits per heavy atom. The lowest BCUT2D eigenvalue weighted by molar-refractivity contribution is -0.137. The molecule has 0 unspecified atom stereocenters. The van der Waals surface area contributed by atoms with Gasteiger partial charge in [0.05, 0.1) is 11.0 Å². The smallest absolute Gasteiger partial charge is 0.481 e. The van der Waals surface area contributed by atoms with E-state index in [1.54, 1.807) is 32.9 Å². The Balaban J connectivity index is 1.52. The number of aryl methyl sites for hydroxylation is 1. The van der Waals surface area contributed by atoms with Gasteiger partial charge >= 0.3 is 12.1 Å². The third-order valence-corrected chi connectivity index (χ3v) is 7.27. The third kappa shape index (κ3) is 9.66. The standard InChI is InChI=1S/C36H43N3O6/c1-5-6-14-32-38-29-21-20-27(34(42)37-22-11-7-8-15-33(40)41)23-30(29)39(32)24-25-16-18-26(19-17-25)28-12-9-10-13-31(28)44-35(43)45-36(2,3)4/h9-10,12-13,16-21,23H,5-8,11,14-15,22,24H2,1-4H3,(H,37,42)(H,40,41). The van der Waals surface area contributed by atoms with E-state index in [2.05, 4.69) is 28.9 Å². The van der Waals surface area contributed by atoms with Crippen LogP contribution in [-0.4, -0.2) is 44.8 Å². The van der Waals surface area contributed by atoms with Gasteiger partial charge in [0.15, 0.2) is 0 Å². The quantitative estimate of drug-likeness (QED) is 0.0846. The Morgan fingerprint density at radius 3 is 2.40 bits per heavy atom. The van der Waals surface area contributed by atoms with E-state index in [0.29, 0.717) is 30.8 Å². The van der Waals surface area contributed by atoms with Gasteiger partial charge in [-0.2, -0.15) is 0 Å². The number of imidazole rings is 1. The first kappa shape index (κ1) is 33.2. The first-order chi connectivity index (χ1) is 21.5. The highest BCUT2D eigenvalue weighted by Gasteiger charge is 2.20. The van der Waals surface area contributed by atoms with Gasteiger partial charge < -0.3 is 24.5 Å². The van der Waals surface area contributed by atoms with Gasteiger partial charge in [0.25, 0.3) is 5.91 Å². The van der Waals surface area contributed by atoms with Crippen LogP contribution in [0.4, 0.5) is 4.79 Å². The number of aliphatic carboxylic acids is 1. The number of amides is 1. The van der Waals surface area contributed by atoms with Crippen LogP contribution >= 0.6 is 0 Å². The summed E-state index contributed by atoms with van der Waals surface area (Å²) in [5.41, 5.74) is 4.40. The summed E-state index contributed by atoms with van der Waals surface area (Å²) in [6.45, 7) is 8.61. The molecule has 1 aromatic heterocycles. The molecule has 0 aliphatic carbocycles. The average molecular weight is 614 g/mol. The lowest BCUT2D eigenvalue weighted by atomic mass is 10.0. The predicted octanol–water partition coefficient (Wildman–Crippen LogP) is 7.78. The second kappa shape index (κ2) is 15.4. The number of rotatable bonds is 14. The summed E-state index contributed by atoms with van der Waals surface area (Å²) >= 11 is 0. The largest absolute Gasteiger partial charge is 0.514 e. The molecule has 0 atom stereocenters. The van der Waals surface area contributed by atoms with Crippen molar-refractivity contribution in [2.45, 2.75) is 84.8 Å². The van der Waals surface area contributed by atoms with Crippen molar-refractivity contribution in [3.05, 3.63) is 83.7 Å². The molecule has 9 nitrogen and oxygen atoms in total. The number of carbonyl (C=O) groups is 3. The lowest BCUT2D eigenvalue weighted by Gasteiger charge is -2.19. The second-order valence-electron chi connectivity index (χ2n) is 12.1. The van der Waals surface area contributed by atoms with Gasteiger partial charge in [0.2, 0.25) is 0 Å². The minimum absolute atomic E-state index is 0.146. The van der Waals surface area contributed by atoms with Crippen molar-refractivity contribution in [3.63, 3.8) is 0 Å². The normalized spacial score (nSPS) is 11.4. The van der Waals surface area contributed by atoms with Crippen molar-refractivity contribution in [1.29, 1.82) is 0 Å². The lowest BCUT2D eigenvalue weighted by Crippen LogP contribution is -2.26. The minimum Gasteiger partial charge on any atom is -0.481 e. The summed E-state index contributed by atoms with van der Waals surface area (Å²) < 4.78 is 13.1. The molecule has 4 rings (SSSR count). The van der Waals surface area contributed by atoms with Crippen LogP contribution in [0, 0.1) is 0 Å². The number of benzene rings is 3. The topological polar surface area (TPSA) is 120 Å². The van der Waals surface area contributed by atoms with E-state index in [9.17, 15) is 14.4 Å². The van der Waals surface area contributed by atoms with Crippen molar-refractivity contribution >= 4 is 29.1 Å². The summed E-state index contributed by atoms with van der Waals surface area (Å²) in [7, 11) is 0. The number of carbonyl (C=O) groups excluding carboxylic acids is 2. The highest BCUT2D eigenvalue weighted by atomic mass is 16.7. The van der Waals surface area contributed by atoms with Crippen molar-refractivity contribution in [2.75, 3.05) is 6.54 Å². The highest BCUT2D eigenvalue weighted by molar-refractivity contribution is 5.97. The fourth-order valence-electron chi connectivity index (χ4n) is 5.03. The number of nitrogens with zero attached hydrogens (tertiary/aromatic N) is 2. The number of hydrogen-bond donors (Lipinski definition) is 2. The molecule has 0 aliphatic heterocycles. The van der Waals surface area contributed by atoms with Crippen LogP contribution in [-0.2, 0) is 22.5 Å². The van der Waals surface area contributed by atoms with Crippen molar-refractivity contribution < 1.29 is 29.0 Å². The first-order valence-electron chi connectivity index (χ1n) is 15.6. The third-order valence-electron chi connectivity index (χ3n) is 7.27. The Hall–Kier alpha value is -4.66. The summed E-state index contributed by atoms with van der Waals surface area (Å²) in [6.07, 6.45) is 4.36. The van der Waals surface area contributed by atoms with Gasteiger partial charge in [0.1, 0.15) is 17.2 Å². The molecule has 45 heavy (non-hydrogen) atoms. The average Bonchev–Trinajstić information content (AvgIpc) is 3.33. The molecular weight excluding hydrogens is 570 g/mol. The van der Waals surface area contributed by atoms with E-state index in [1.165, 1.54) is 0 Å². The maximum Gasteiger partial charge on any atom is 0.514 e. The first-order valence-corrected chi connectivity index (χ1v) is 15.6. The van der Waals surface area contributed by atoms with Crippen LogP contribution in [0.5, 0.6) is 5.75 Å². The summed E-state index contributed by atoms with van der Waals surface area (Å²) in [4.78, 5) is 40.9. The number of ether oxygens (including phenoxy) is 2. The van der Waals surface area contributed by atoms with E-state index in [1.807, 2.05) is 42.5 Å². The van der Waals surface area contributed by atoms with Gasteiger partial charge in [-0.05, 0) is 75.4 Å². The number of carboxylic acids is 1. The molecule has 0 fully saturated rings. The van der Waals surface area contributed by atoms with Crippen LogP contribution in [0.25, 0.3) is 22.2 Å². The monoisotopic (exact) mass is 613 g/mol. The molecule has 0 saturated carbocycles. The predicted molar refractivity (Wildman–Crippen MR) is 175 cm³/mol. The van der Waals surface area contributed by atoms with E-state index in [0.717, 1.165) is 65.7 Å². The summed E-state index contributed by atoms with van der Waals surface area (Å²) in [5.74, 6) is 0.444. The maximum absolute atomic E-state index is 12.9. The Morgan fingerprint density at radius 2 is 1.69 bits per heavy atom. The molecule has 1 amide bonds. The molecule has 0 aliphatic rings. The van der Waals surface area contributed by atoms with Crippen molar-refractivity contribution in [2.24, 2.45) is 0 Å². The zero-order valence-corrected chi connectivity index (χ0v) is 26.6. The molecule has 4 aromatic rings. The van der Waals surface area contributed by atoms with E-state index >= 15 is 0 Å². The number of unbranched alkanes of at least 4 members (excludes halogenated alkanes) is 3. The van der Waals surface area contributed by atoms with Crippen LogP contribution in [0.3, 0.4) is 0 Å². The molecule has 0 saturated heterocycles. The van der Waals surface area contributed by atoms with Gasteiger partial charge in [-0.25, -0.2) is 9.78 Å². The molecule has 0 radical (unpaired) electrons. The zero-order valence-electron chi connectivity index (χ0n) is 26.6. The van der Waals surface area contributed by atoms with Crippen LogP contribution in [0.15, 0.2) is 66.7 Å². The number of hydrogen-bond acceptors (Lipinski definition) is 6.